The highest BCUT2D eigenvalue weighted by Crippen LogP contribution is 2.49. The molecule has 0 radical (unpaired) electrons. The summed E-state index contributed by atoms with van der Waals surface area (Å²) in [5, 5.41) is 12.8. The van der Waals surface area contributed by atoms with Crippen molar-refractivity contribution in [3.05, 3.63) is 211 Å². The minimum Gasteiger partial charge on any atom is -0.309 e. The predicted molar refractivity (Wildman–Crippen MR) is 250 cm³/mol. The molecule has 11 aromatic carbocycles. The molecule has 0 unspecified atom stereocenters. The molecule has 0 saturated heterocycles. The van der Waals surface area contributed by atoms with Gasteiger partial charge in [0.15, 0.2) is 0 Å². The average Bonchev–Trinajstić information content (AvgIpc) is 3.26. The van der Waals surface area contributed by atoms with Gasteiger partial charge in [0.2, 0.25) is 0 Å². The first-order chi connectivity index (χ1) is 28.5. The van der Waals surface area contributed by atoms with Crippen LogP contribution in [0, 0.1) is 20.8 Å². The van der Waals surface area contributed by atoms with Crippen molar-refractivity contribution in [1.82, 2.24) is 0 Å². The lowest BCUT2D eigenvalue weighted by Gasteiger charge is -2.30. The number of hydrogen-bond acceptors (Lipinski definition) is 1. The van der Waals surface area contributed by atoms with E-state index in [9.17, 15) is 0 Å². The topological polar surface area (TPSA) is 3.24 Å². The van der Waals surface area contributed by atoms with Crippen molar-refractivity contribution in [2.75, 3.05) is 4.90 Å². The molecule has 0 spiro atoms. The van der Waals surface area contributed by atoms with E-state index in [0.717, 1.165) is 11.4 Å². The summed E-state index contributed by atoms with van der Waals surface area (Å²) >= 11 is 0. The van der Waals surface area contributed by atoms with Crippen LogP contribution < -0.4 is 4.90 Å². The van der Waals surface area contributed by atoms with Crippen LogP contribution in [0.4, 0.5) is 17.1 Å². The van der Waals surface area contributed by atoms with Crippen molar-refractivity contribution in [3.63, 3.8) is 0 Å². The standard InChI is InChI=1S/C57H41N/c1-36-18-28-46(29-19-36)58(47-30-20-37(2)21-31-47)57-51-15-6-4-13-48(51)55(49-14-5-7-16-52(49)57)45-33-38(3)32-44(34-45)39-22-24-40(25-23-39)53-35-43-12-8-10-41-26-27-42-11-9-17-50(53)56(42)54(41)43/h4-35H,1-3H3. The molecule has 11 rings (SSSR count). The molecule has 0 amide bonds. The minimum atomic E-state index is 1.14. The average molecular weight is 740 g/mol. The van der Waals surface area contributed by atoms with E-state index in [4.69, 9.17) is 0 Å². The Bertz CT molecular complexity index is 3230. The molecular formula is C57H41N. The van der Waals surface area contributed by atoms with Gasteiger partial charge >= 0.3 is 0 Å². The van der Waals surface area contributed by atoms with Gasteiger partial charge in [-0.05, 0) is 139 Å². The Labute approximate surface area is 339 Å². The van der Waals surface area contributed by atoms with Gasteiger partial charge in [0.1, 0.15) is 0 Å². The summed E-state index contributed by atoms with van der Waals surface area (Å²) in [6.07, 6.45) is 0. The van der Waals surface area contributed by atoms with Gasteiger partial charge in [0, 0.05) is 22.1 Å². The molecule has 0 saturated carbocycles. The van der Waals surface area contributed by atoms with Gasteiger partial charge in [-0.3, -0.25) is 0 Å². The third-order valence-corrected chi connectivity index (χ3v) is 12.1. The van der Waals surface area contributed by atoms with E-state index in [2.05, 4.69) is 220 Å². The van der Waals surface area contributed by atoms with Crippen LogP contribution in [0.25, 0.3) is 87.2 Å². The van der Waals surface area contributed by atoms with Gasteiger partial charge in [0.05, 0.1) is 5.69 Å². The van der Waals surface area contributed by atoms with Crippen molar-refractivity contribution in [2.45, 2.75) is 20.8 Å². The summed E-state index contributed by atoms with van der Waals surface area (Å²) < 4.78 is 0. The molecule has 0 fully saturated rings. The van der Waals surface area contributed by atoms with Crippen molar-refractivity contribution in [3.8, 4) is 33.4 Å². The Morgan fingerprint density at radius 1 is 0.310 bits per heavy atom. The maximum atomic E-state index is 2.44. The van der Waals surface area contributed by atoms with Gasteiger partial charge < -0.3 is 4.90 Å². The Hall–Kier alpha value is -7.22. The first-order valence-corrected chi connectivity index (χ1v) is 20.2. The molecule has 11 aromatic rings. The second kappa shape index (κ2) is 13.5. The lowest BCUT2D eigenvalue weighted by molar-refractivity contribution is 1.29. The smallest absolute Gasteiger partial charge is 0.0618 e. The summed E-state index contributed by atoms with van der Waals surface area (Å²) in [4.78, 5) is 2.44. The zero-order chi connectivity index (χ0) is 38.9. The van der Waals surface area contributed by atoms with E-state index in [0.29, 0.717) is 0 Å². The van der Waals surface area contributed by atoms with E-state index < -0.39 is 0 Å². The molecule has 58 heavy (non-hydrogen) atoms. The van der Waals surface area contributed by atoms with Crippen LogP contribution in [0.1, 0.15) is 16.7 Å². The second-order valence-electron chi connectivity index (χ2n) is 16.0. The quantitative estimate of drug-likeness (QED) is 0.121. The van der Waals surface area contributed by atoms with Crippen molar-refractivity contribution in [1.29, 1.82) is 0 Å². The van der Waals surface area contributed by atoms with Gasteiger partial charge in [-0.2, -0.15) is 0 Å². The molecule has 0 aliphatic heterocycles. The lowest BCUT2D eigenvalue weighted by Crippen LogP contribution is -2.11. The molecule has 1 nitrogen and oxygen atoms in total. The number of rotatable bonds is 6. The SMILES string of the molecule is Cc1ccc(N(c2ccc(C)cc2)c2c3ccccc3c(-c3cc(C)cc(-c4ccc(-c5cc6cccc7ccc8cccc5c8c76)cc4)c3)c3ccccc23)cc1. The highest BCUT2D eigenvalue weighted by molar-refractivity contribution is 6.26. The maximum absolute atomic E-state index is 2.44. The molecule has 1 heteroatoms. The fourth-order valence-corrected chi connectivity index (χ4v) is 9.39. The van der Waals surface area contributed by atoms with E-state index in [1.54, 1.807) is 0 Å². The first kappa shape index (κ1) is 34.1. The van der Waals surface area contributed by atoms with Crippen molar-refractivity contribution in [2.24, 2.45) is 0 Å². The van der Waals surface area contributed by atoms with Gasteiger partial charge in [0.25, 0.3) is 0 Å². The molecule has 0 aromatic heterocycles. The minimum absolute atomic E-state index is 1.14. The van der Waals surface area contributed by atoms with Crippen LogP contribution in [-0.2, 0) is 0 Å². The number of fused-ring (bicyclic) bond motifs is 2. The number of nitrogens with zero attached hydrogens (tertiary/aromatic N) is 1. The van der Waals surface area contributed by atoms with Gasteiger partial charge in [-0.1, -0.05) is 169 Å². The normalized spacial score (nSPS) is 11.7. The third kappa shape index (κ3) is 5.54. The van der Waals surface area contributed by atoms with Gasteiger partial charge in [-0.15, -0.1) is 0 Å². The Balaban J connectivity index is 1.07. The molecule has 0 N–H and O–H groups in total. The molecule has 274 valence electrons. The maximum Gasteiger partial charge on any atom is 0.0618 e. The third-order valence-electron chi connectivity index (χ3n) is 12.1. The molecule has 0 aliphatic rings. The zero-order valence-electron chi connectivity index (χ0n) is 32.9. The zero-order valence-corrected chi connectivity index (χ0v) is 32.9. The van der Waals surface area contributed by atoms with E-state index >= 15 is 0 Å². The predicted octanol–water partition coefficient (Wildman–Crippen LogP) is 16.3. The lowest BCUT2D eigenvalue weighted by atomic mass is 9.87. The molecular weight excluding hydrogens is 699 g/mol. The van der Waals surface area contributed by atoms with Crippen LogP contribution in [0.15, 0.2) is 194 Å². The fourth-order valence-electron chi connectivity index (χ4n) is 9.39. The molecule has 0 atom stereocenters. The first-order valence-electron chi connectivity index (χ1n) is 20.2. The summed E-state index contributed by atoms with van der Waals surface area (Å²) in [6.45, 7) is 6.53. The number of anilines is 3. The highest BCUT2D eigenvalue weighted by Gasteiger charge is 2.22. The second-order valence-corrected chi connectivity index (χ2v) is 16.0. The van der Waals surface area contributed by atoms with Crippen molar-refractivity contribution < 1.29 is 0 Å². The Morgan fingerprint density at radius 3 is 1.43 bits per heavy atom. The number of benzene rings is 11. The fraction of sp³-hybridized carbons (Fsp3) is 0.0526. The Morgan fingerprint density at radius 2 is 0.810 bits per heavy atom. The number of hydrogen-bond donors (Lipinski definition) is 0. The molecule has 0 bridgehead atoms. The monoisotopic (exact) mass is 739 g/mol. The van der Waals surface area contributed by atoms with Crippen LogP contribution in [0.3, 0.4) is 0 Å². The van der Waals surface area contributed by atoms with Crippen LogP contribution in [0.2, 0.25) is 0 Å². The van der Waals surface area contributed by atoms with Crippen LogP contribution in [-0.4, -0.2) is 0 Å². The van der Waals surface area contributed by atoms with Crippen LogP contribution in [0.5, 0.6) is 0 Å². The Kier molecular flexibility index (Phi) is 7.91. The largest absolute Gasteiger partial charge is 0.309 e. The van der Waals surface area contributed by atoms with Crippen LogP contribution >= 0.6 is 0 Å². The van der Waals surface area contributed by atoms with Crippen molar-refractivity contribution >= 4 is 70.9 Å². The summed E-state index contributed by atoms with van der Waals surface area (Å²) in [7, 11) is 0. The van der Waals surface area contributed by atoms with E-state index in [-0.39, 0.29) is 0 Å². The summed E-state index contributed by atoms with van der Waals surface area (Å²) in [5.74, 6) is 0. The molecule has 0 heterocycles. The van der Waals surface area contributed by atoms with Gasteiger partial charge in [-0.25, -0.2) is 0 Å². The van der Waals surface area contributed by atoms with E-state index in [1.807, 2.05) is 0 Å². The summed E-state index contributed by atoms with van der Waals surface area (Å²) in [6, 6.07) is 72.3. The number of aryl methyl sites for hydroxylation is 3. The van der Waals surface area contributed by atoms with E-state index in [1.165, 1.54) is 110 Å². The highest BCUT2D eigenvalue weighted by atomic mass is 15.1. The summed E-state index contributed by atoms with van der Waals surface area (Å²) in [5.41, 5.74) is 14.6. The molecule has 0 aliphatic carbocycles.